The molecule has 0 aliphatic heterocycles. The molecule has 1 aromatic heterocycles. The van der Waals surface area contributed by atoms with Gasteiger partial charge in [-0.2, -0.15) is 0 Å². The van der Waals surface area contributed by atoms with E-state index in [9.17, 15) is 5.11 Å². The van der Waals surface area contributed by atoms with Crippen LogP contribution in [0.4, 0.5) is 0 Å². The molecule has 1 heterocycles. The average molecular weight is 395 g/mol. The summed E-state index contributed by atoms with van der Waals surface area (Å²) < 4.78 is 7.63. The van der Waals surface area contributed by atoms with Crippen LogP contribution in [-0.2, 0) is 4.74 Å². The molecule has 0 fully saturated rings. The Bertz CT molecular complexity index is 409. The maximum Gasteiger partial charge on any atom is 0.0950 e. The van der Waals surface area contributed by atoms with Crippen molar-refractivity contribution in [1.82, 2.24) is 9.55 Å². The van der Waals surface area contributed by atoms with E-state index in [0.717, 1.165) is 13.0 Å². The van der Waals surface area contributed by atoms with Crippen molar-refractivity contribution in [3.8, 4) is 0 Å². The first-order valence-corrected chi connectivity index (χ1v) is 12.0. The monoisotopic (exact) mass is 394 g/mol. The third-order valence-electron chi connectivity index (χ3n) is 5.61. The van der Waals surface area contributed by atoms with E-state index in [1.165, 1.54) is 96.3 Å². The van der Waals surface area contributed by atoms with Crippen LogP contribution < -0.4 is 0 Å². The molecule has 0 aliphatic carbocycles. The van der Waals surface area contributed by atoms with Crippen molar-refractivity contribution in [3.63, 3.8) is 0 Å². The van der Waals surface area contributed by atoms with Crippen LogP contribution in [0.1, 0.15) is 116 Å². The standard InChI is InChI=1S/C24H46N2O2/c1-2-3-4-5-6-7-8-9-10-11-12-13-14-15-16-17-20-28-22-24(21-27)26-19-18-25-23-26/h18-19,23-24,27H,2-17,20-22H2,1H3/t24-/m0/s1. The Labute approximate surface area is 174 Å². The van der Waals surface area contributed by atoms with E-state index < -0.39 is 0 Å². The van der Waals surface area contributed by atoms with Crippen LogP contribution in [0, 0.1) is 0 Å². The fourth-order valence-electron chi connectivity index (χ4n) is 3.69. The Morgan fingerprint density at radius 3 is 1.71 bits per heavy atom. The first kappa shape index (κ1) is 25.2. The van der Waals surface area contributed by atoms with Crippen molar-refractivity contribution in [2.45, 2.75) is 116 Å². The van der Waals surface area contributed by atoms with Crippen molar-refractivity contribution < 1.29 is 9.84 Å². The van der Waals surface area contributed by atoms with Gasteiger partial charge in [0.2, 0.25) is 0 Å². The van der Waals surface area contributed by atoms with E-state index in [-0.39, 0.29) is 12.6 Å². The highest BCUT2D eigenvalue weighted by Crippen LogP contribution is 2.14. The zero-order valence-corrected chi connectivity index (χ0v) is 18.5. The van der Waals surface area contributed by atoms with E-state index in [1.54, 1.807) is 12.5 Å². The minimum atomic E-state index is -0.0106. The van der Waals surface area contributed by atoms with Crippen molar-refractivity contribution in [2.24, 2.45) is 0 Å². The molecule has 0 radical (unpaired) electrons. The van der Waals surface area contributed by atoms with Crippen LogP contribution in [0.25, 0.3) is 0 Å². The summed E-state index contributed by atoms with van der Waals surface area (Å²) in [5.41, 5.74) is 0. The third-order valence-corrected chi connectivity index (χ3v) is 5.61. The largest absolute Gasteiger partial charge is 0.394 e. The Kier molecular flexibility index (Phi) is 17.5. The average Bonchev–Trinajstić information content (AvgIpc) is 3.24. The molecule has 164 valence electrons. The summed E-state index contributed by atoms with van der Waals surface area (Å²) in [7, 11) is 0. The fraction of sp³-hybridized carbons (Fsp3) is 0.875. The second kappa shape index (κ2) is 19.4. The van der Waals surface area contributed by atoms with Crippen LogP contribution in [0.3, 0.4) is 0 Å². The number of aromatic nitrogens is 2. The number of ether oxygens (including phenoxy) is 1. The number of hydrogen-bond acceptors (Lipinski definition) is 3. The highest BCUT2D eigenvalue weighted by molar-refractivity contribution is 4.80. The van der Waals surface area contributed by atoms with E-state index >= 15 is 0 Å². The Morgan fingerprint density at radius 2 is 1.29 bits per heavy atom. The quantitative estimate of drug-likeness (QED) is 0.236. The Morgan fingerprint density at radius 1 is 0.786 bits per heavy atom. The van der Waals surface area contributed by atoms with E-state index in [2.05, 4.69) is 11.9 Å². The van der Waals surface area contributed by atoms with Gasteiger partial charge in [0.15, 0.2) is 0 Å². The molecule has 0 spiro atoms. The molecule has 1 atom stereocenters. The van der Waals surface area contributed by atoms with Gasteiger partial charge in [-0.3, -0.25) is 0 Å². The van der Waals surface area contributed by atoms with Crippen molar-refractivity contribution in [3.05, 3.63) is 18.7 Å². The Balaban J connectivity index is 1.74. The molecule has 28 heavy (non-hydrogen) atoms. The van der Waals surface area contributed by atoms with E-state index in [0.29, 0.717) is 6.61 Å². The topological polar surface area (TPSA) is 47.3 Å². The minimum Gasteiger partial charge on any atom is -0.394 e. The molecule has 1 aromatic rings. The number of aliphatic hydroxyl groups is 1. The molecule has 0 saturated heterocycles. The van der Waals surface area contributed by atoms with Gasteiger partial charge in [0, 0.05) is 19.0 Å². The predicted molar refractivity (Wildman–Crippen MR) is 119 cm³/mol. The number of aliphatic hydroxyl groups excluding tert-OH is 1. The van der Waals surface area contributed by atoms with Crippen molar-refractivity contribution in [2.75, 3.05) is 19.8 Å². The second-order valence-corrected chi connectivity index (χ2v) is 8.22. The molecule has 0 amide bonds. The van der Waals surface area contributed by atoms with Gasteiger partial charge in [-0.15, -0.1) is 0 Å². The van der Waals surface area contributed by atoms with Crippen LogP contribution in [0.5, 0.6) is 0 Å². The van der Waals surface area contributed by atoms with Gasteiger partial charge < -0.3 is 14.4 Å². The maximum atomic E-state index is 9.41. The highest BCUT2D eigenvalue weighted by atomic mass is 16.5. The van der Waals surface area contributed by atoms with E-state index in [1.807, 2.05) is 10.8 Å². The molecule has 0 saturated carbocycles. The number of unbranched alkanes of at least 4 members (excludes halogenated alkanes) is 15. The molecular weight excluding hydrogens is 348 g/mol. The summed E-state index contributed by atoms with van der Waals surface area (Å²) in [4.78, 5) is 4.02. The van der Waals surface area contributed by atoms with Crippen molar-refractivity contribution >= 4 is 0 Å². The molecule has 4 heteroatoms. The minimum absolute atomic E-state index is 0.0106. The molecule has 4 nitrogen and oxygen atoms in total. The van der Waals surface area contributed by atoms with Crippen LogP contribution in [0.15, 0.2) is 18.7 Å². The van der Waals surface area contributed by atoms with Crippen LogP contribution >= 0.6 is 0 Å². The molecule has 0 aromatic carbocycles. The zero-order valence-electron chi connectivity index (χ0n) is 18.5. The summed E-state index contributed by atoms with van der Waals surface area (Å²) in [6.07, 6.45) is 27.5. The summed E-state index contributed by atoms with van der Waals surface area (Å²) in [6, 6.07) is -0.0106. The SMILES string of the molecule is CCCCCCCCCCCCCCCCCCOC[C@H](CO)n1ccnc1. The zero-order chi connectivity index (χ0) is 20.1. The lowest BCUT2D eigenvalue weighted by Crippen LogP contribution is -2.18. The predicted octanol–water partition coefficient (Wildman–Crippen LogP) is 6.69. The molecular formula is C24H46N2O2. The van der Waals surface area contributed by atoms with Gasteiger partial charge in [0.1, 0.15) is 0 Å². The van der Waals surface area contributed by atoms with Gasteiger partial charge >= 0.3 is 0 Å². The maximum absolute atomic E-state index is 9.41. The van der Waals surface area contributed by atoms with Gasteiger partial charge in [-0.25, -0.2) is 4.98 Å². The van der Waals surface area contributed by atoms with E-state index in [4.69, 9.17) is 4.74 Å². The highest BCUT2D eigenvalue weighted by Gasteiger charge is 2.08. The van der Waals surface area contributed by atoms with Gasteiger partial charge in [-0.1, -0.05) is 103 Å². The molecule has 0 aliphatic rings. The fourth-order valence-corrected chi connectivity index (χ4v) is 3.69. The summed E-state index contributed by atoms with van der Waals surface area (Å²) in [5.74, 6) is 0. The van der Waals surface area contributed by atoms with Crippen LogP contribution in [0.2, 0.25) is 0 Å². The summed E-state index contributed by atoms with van der Waals surface area (Å²) in [5, 5.41) is 9.41. The molecule has 1 N–H and O–H groups in total. The first-order valence-electron chi connectivity index (χ1n) is 12.0. The van der Waals surface area contributed by atoms with Crippen LogP contribution in [-0.4, -0.2) is 34.5 Å². The van der Waals surface area contributed by atoms with Gasteiger partial charge in [0.25, 0.3) is 0 Å². The molecule has 1 rings (SSSR count). The number of hydrogen-bond donors (Lipinski definition) is 1. The number of imidazole rings is 1. The molecule has 0 bridgehead atoms. The second-order valence-electron chi connectivity index (χ2n) is 8.22. The lowest BCUT2D eigenvalue weighted by Gasteiger charge is -2.15. The normalized spacial score (nSPS) is 12.5. The third kappa shape index (κ3) is 14.2. The lowest BCUT2D eigenvalue weighted by molar-refractivity contribution is 0.0746. The van der Waals surface area contributed by atoms with Gasteiger partial charge in [0.05, 0.1) is 25.6 Å². The number of rotatable bonds is 21. The Hall–Kier alpha value is -0.870. The summed E-state index contributed by atoms with van der Waals surface area (Å²) >= 11 is 0. The van der Waals surface area contributed by atoms with Crippen molar-refractivity contribution in [1.29, 1.82) is 0 Å². The molecule has 0 unspecified atom stereocenters. The summed E-state index contributed by atoms with van der Waals surface area (Å²) in [6.45, 7) is 3.73. The number of nitrogens with zero attached hydrogens (tertiary/aromatic N) is 2. The lowest BCUT2D eigenvalue weighted by atomic mass is 10.0. The smallest absolute Gasteiger partial charge is 0.0950 e. The van der Waals surface area contributed by atoms with Gasteiger partial charge in [-0.05, 0) is 6.42 Å². The first-order chi connectivity index (χ1) is 13.9.